The largest absolute Gasteiger partial charge is 0.416 e. The number of sulfonamides is 1. The molecule has 0 atom stereocenters. The smallest absolute Gasteiger partial charge is 0.325 e. The standard InChI is InChI=1S/C27H23F3N2O3S/c1-18-7-5-11-24(19(18)2)32(17-26(33)31-22-15-13-21(14-16-22)27(28,29)30)36(34,35)25-12-6-9-20-8-3-4-10-23(20)25/h3-16H,17H2,1-2H3,(H,31,33). The average Bonchev–Trinajstić information content (AvgIpc) is 2.84. The van der Waals surface area contributed by atoms with Gasteiger partial charge < -0.3 is 5.32 Å². The van der Waals surface area contributed by atoms with Crippen molar-refractivity contribution in [1.82, 2.24) is 0 Å². The van der Waals surface area contributed by atoms with E-state index in [2.05, 4.69) is 5.32 Å². The van der Waals surface area contributed by atoms with Crippen LogP contribution in [-0.4, -0.2) is 20.9 Å². The van der Waals surface area contributed by atoms with Gasteiger partial charge in [0.25, 0.3) is 10.0 Å². The van der Waals surface area contributed by atoms with E-state index in [-0.39, 0.29) is 10.6 Å². The van der Waals surface area contributed by atoms with Crippen LogP contribution in [0.3, 0.4) is 0 Å². The van der Waals surface area contributed by atoms with Gasteiger partial charge in [-0.25, -0.2) is 8.42 Å². The van der Waals surface area contributed by atoms with Crippen LogP contribution in [0.15, 0.2) is 89.8 Å². The van der Waals surface area contributed by atoms with Crippen molar-refractivity contribution in [3.63, 3.8) is 0 Å². The van der Waals surface area contributed by atoms with E-state index >= 15 is 0 Å². The number of aryl methyl sites for hydroxylation is 1. The molecule has 36 heavy (non-hydrogen) atoms. The van der Waals surface area contributed by atoms with Gasteiger partial charge in [-0.3, -0.25) is 9.10 Å². The maximum Gasteiger partial charge on any atom is 0.416 e. The Kier molecular flexibility index (Phi) is 6.77. The molecule has 1 amide bonds. The number of carbonyl (C=O) groups is 1. The van der Waals surface area contributed by atoms with E-state index in [1.54, 1.807) is 55.5 Å². The Morgan fingerprint density at radius 1 is 0.861 bits per heavy atom. The van der Waals surface area contributed by atoms with E-state index in [9.17, 15) is 26.4 Å². The zero-order chi connectivity index (χ0) is 26.1. The molecular weight excluding hydrogens is 489 g/mol. The number of nitrogens with one attached hydrogen (secondary N) is 1. The number of benzene rings is 4. The summed E-state index contributed by atoms with van der Waals surface area (Å²) >= 11 is 0. The van der Waals surface area contributed by atoms with Gasteiger partial charge in [0.15, 0.2) is 0 Å². The summed E-state index contributed by atoms with van der Waals surface area (Å²) in [6.07, 6.45) is -4.51. The molecular formula is C27H23F3N2O3S. The van der Waals surface area contributed by atoms with Crippen molar-refractivity contribution in [2.24, 2.45) is 0 Å². The van der Waals surface area contributed by atoms with Gasteiger partial charge in [-0.1, -0.05) is 48.5 Å². The highest BCUT2D eigenvalue weighted by Crippen LogP contribution is 2.32. The summed E-state index contributed by atoms with van der Waals surface area (Å²) in [5.74, 6) is -0.695. The van der Waals surface area contributed by atoms with Crippen LogP contribution in [-0.2, 0) is 21.0 Å². The maximum absolute atomic E-state index is 14.0. The fourth-order valence-corrected chi connectivity index (χ4v) is 5.61. The predicted octanol–water partition coefficient (Wildman–Crippen LogP) is 6.31. The summed E-state index contributed by atoms with van der Waals surface area (Å²) < 4.78 is 67.6. The van der Waals surface area contributed by atoms with Gasteiger partial charge >= 0.3 is 6.18 Å². The Morgan fingerprint density at radius 2 is 1.50 bits per heavy atom. The van der Waals surface area contributed by atoms with Gasteiger partial charge in [-0.15, -0.1) is 0 Å². The predicted molar refractivity (Wildman–Crippen MR) is 134 cm³/mol. The highest BCUT2D eigenvalue weighted by molar-refractivity contribution is 7.93. The number of carbonyl (C=O) groups excluding carboxylic acids is 1. The first-order valence-electron chi connectivity index (χ1n) is 11.0. The normalized spacial score (nSPS) is 11.9. The lowest BCUT2D eigenvalue weighted by Crippen LogP contribution is -2.38. The second kappa shape index (κ2) is 9.66. The number of nitrogens with zero attached hydrogens (tertiary/aromatic N) is 1. The van der Waals surface area contributed by atoms with Crippen LogP contribution < -0.4 is 9.62 Å². The van der Waals surface area contributed by atoms with Crippen molar-refractivity contribution >= 4 is 38.1 Å². The molecule has 0 saturated carbocycles. The molecule has 5 nitrogen and oxygen atoms in total. The lowest BCUT2D eigenvalue weighted by atomic mass is 10.1. The number of anilines is 2. The second-order valence-electron chi connectivity index (χ2n) is 8.33. The lowest BCUT2D eigenvalue weighted by Gasteiger charge is -2.27. The molecule has 4 rings (SSSR count). The van der Waals surface area contributed by atoms with Crippen molar-refractivity contribution in [2.75, 3.05) is 16.2 Å². The monoisotopic (exact) mass is 512 g/mol. The summed E-state index contributed by atoms with van der Waals surface area (Å²) in [6.45, 7) is 3.03. The Balaban J connectivity index is 1.73. The quantitative estimate of drug-likeness (QED) is 0.329. The zero-order valence-electron chi connectivity index (χ0n) is 19.5. The van der Waals surface area contributed by atoms with Gasteiger partial charge in [0, 0.05) is 11.1 Å². The molecule has 0 unspecified atom stereocenters. The number of hydrogen-bond acceptors (Lipinski definition) is 3. The molecule has 9 heteroatoms. The fourth-order valence-electron chi connectivity index (χ4n) is 3.92. The third kappa shape index (κ3) is 5.06. The third-order valence-electron chi connectivity index (χ3n) is 5.95. The molecule has 1 N–H and O–H groups in total. The van der Waals surface area contributed by atoms with Crippen LogP contribution in [0.2, 0.25) is 0 Å². The Bertz CT molecular complexity index is 1530. The number of alkyl halides is 3. The summed E-state index contributed by atoms with van der Waals surface area (Å²) in [4.78, 5) is 13.0. The van der Waals surface area contributed by atoms with Gasteiger partial charge in [0.2, 0.25) is 5.91 Å². The first-order chi connectivity index (χ1) is 17.0. The van der Waals surface area contributed by atoms with Crippen LogP contribution in [0.25, 0.3) is 10.8 Å². The van der Waals surface area contributed by atoms with Crippen LogP contribution in [0.5, 0.6) is 0 Å². The highest BCUT2D eigenvalue weighted by atomic mass is 32.2. The van der Waals surface area contributed by atoms with Crippen molar-refractivity contribution in [2.45, 2.75) is 24.9 Å². The minimum atomic E-state index is -4.51. The van der Waals surface area contributed by atoms with E-state index in [0.29, 0.717) is 16.6 Å². The van der Waals surface area contributed by atoms with E-state index in [1.165, 1.54) is 6.07 Å². The van der Waals surface area contributed by atoms with E-state index in [0.717, 1.165) is 39.5 Å². The zero-order valence-corrected chi connectivity index (χ0v) is 20.3. The molecule has 0 bridgehead atoms. The fraction of sp³-hybridized carbons (Fsp3) is 0.148. The number of fused-ring (bicyclic) bond motifs is 1. The molecule has 0 saturated heterocycles. The molecule has 4 aromatic rings. The first kappa shape index (κ1) is 25.2. The van der Waals surface area contributed by atoms with Crippen LogP contribution in [0, 0.1) is 13.8 Å². The van der Waals surface area contributed by atoms with Crippen molar-refractivity contribution in [3.05, 3.63) is 102 Å². The molecule has 0 radical (unpaired) electrons. The van der Waals surface area contributed by atoms with Crippen molar-refractivity contribution in [3.8, 4) is 0 Å². The maximum atomic E-state index is 14.0. The molecule has 186 valence electrons. The first-order valence-corrected chi connectivity index (χ1v) is 12.5. The molecule has 0 aliphatic heterocycles. The summed E-state index contributed by atoms with van der Waals surface area (Å²) in [5, 5.41) is 3.75. The minimum Gasteiger partial charge on any atom is -0.325 e. The molecule has 4 aromatic carbocycles. The van der Waals surface area contributed by atoms with Crippen LogP contribution >= 0.6 is 0 Å². The second-order valence-corrected chi connectivity index (χ2v) is 10.2. The van der Waals surface area contributed by atoms with Crippen molar-refractivity contribution < 1.29 is 26.4 Å². The highest BCUT2D eigenvalue weighted by Gasteiger charge is 2.31. The summed E-state index contributed by atoms with van der Waals surface area (Å²) in [7, 11) is -4.21. The molecule has 0 aliphatic carbocycles. The average molecular weight is 513 g/mol. The molecule has 0 heterocycles. The lowest BCUT2D eigenvalue weighted by molar-refractivity contribution is -0.137. The van der Waals surface area contributed by atoms with Gasteiger partial charge in [-0.05, 0) is 66.8 Å². The van der Waals surface area contributed by atoms with E-state index in [4.69, 9.17) is 0 Å². The minimum absolute atomic E-state index is 0.0452. The van der Waals surface area contributed by atoms with Gasteiger partial charge in [0.05, 0.1) is 16.1 Å². The number of hydrogen-bond donors (Lipinski definition) is 1. The van der Waals surface area contributed by atoms with Crippen LogP contribution in [0.1, 0.15) is 16.7 Å². The van der Waals surface area contributed by atoms with E-state index < -0.39 is 34.2 Å². The SMILES string of the molecule is Cc1cccc(N(CC(=O)Nc2ccc(C(F)(F)F)cc2)S(=O)(=O)c2cccc3ccccc23)c1C. The van der Waals surface area contributed by atoms with Crippen molar-refractivity contribution in [1.29, 1.82) is 0 Å². The number of rotatable bonds is 6. The molecule has 0 aromatic heterocycles. The summed E-state index contributed by atoms with van der Waals surface area (Å²) in [6, 6.07) is 21.1. The topological polar surface area (TPSA) is 66.5 Å². The van der Waals surface area contributed by atoms with Gasteiger partial charge in [-0.2, -0.15) is 13.2 Å². The molecule has 0 spiro atoms. The molecule has 0 aliphatic rings. The molecule has 0 fully saturated rings. The Hall–Kier alpha value is -3.85. The number of amides is 1. The third-order valence-corrected chi connectivity index (χ3v) is 7.76. The van der Waals surface area contributed by atoms with Gasteiger partial charge in [0.1, 0.15) is 6.54 Å². The number of halogens is 3. The Labute approximate surface area is 207 Å². The van der Waals surface area contributed by atoms with E-state index in [1.807, 2.05) is 13.0 Å². The summed E-state index contributed by atoms with van der Waals surface area (Å²) in [5.41, 5.74) is 1.13. The Morgan fingerprint density at radius 3 is 2.19 bits per heavy atom. The van der Waals surface area contributed by atoms with Crippen LogP contribution in [0.4, 0.5) is 24.5 Å².